The predicted octanol–water partition coefficient (Wildman–Crippen LogP) is 6.08. The van der Waals surface area contributed by atoms with Crippen molar-refractivity contribution in [2.75, 3.05) is 0 Å². The quantitative estimate of drug-likeness (QED) is 0.476. The first-order valence-electron chi connectivity index (χ1n) is 8.16. The molecule has 0 aliphatic carbocycles. The molecule has 0 bridgehead atoms. The lowest BCUT2D eigenvalue weighted by atomic mass is 9.98. The van der Waals surface area contributed by atoms with Gasteiger partial charge in [-0.15, -0.1) is 26.3 Å². The lowest BCUT2D eigenvalue weighted by Gasteiger charge is -2.13. The van der Waals surface area contributed by atoms with E-state index < -0.39 is 24.2 Å². The number of hydrogen-bond donors (Lipinski definition) is 0. The number of ether oxygens (including phenoxy) is 2. The number of hydrogen-bond acceptors (Lipinski definition) is 4. The Bertz CT molecular complexity index is 1070. The van der Waals surface area contributed by atoms with Gasteiger partial charge in [0, 0.05) is 17.3 Å². The number of halogens is 6. The molecule has 1 aromatic heterocycles. The van der Waals surface area contributed by atoms with Gasteiger partial charge < -0.3 is 9.47 Å². The predicted molar refractivity (Wildman–Crippen MR) is 93.2 cm³/mol. The average molecular weight is 424 g/mol. The molecular weight excluding hydrogens is 414 g/mol. The summed E-state index contributed by atoms with van der Waals surface area (Å²) >= 11 is 0. The molecule has 0 atom stereocenters. The fraction of sp³-hybridized carbons (Fsp3) is 0.100. The molecule has 0 fully saturated rings. The summed E-state index contributed by atoms with van der Waals surface area (Å²) in [6.07, 6.45) is -8.39. The van der Waals surface area contributed by atoms with Crippen molar-refractivity contribution in [2.45, 2.75) is 12.7 Å². The Balaban J connectivity index is 1.98. The van der Waals surface area contributed by atoms with Crippen LogP contribution in [0.3, 0.4) is 0 Å². The molecule has 0 saturated heterocycles. The van der Waals surface area contributed by atoms with Crippen molar-refractivity contribution in [3.63, 3.8) is 0 Å². The van der Waals surface area contributed by atoms with E-state index in [1.807, 2.05) is 6.07 Å². The van der Waals surface area contributed by atoms with Gasteiger partial charge in [0.25, 0.3) is 0 Å². The molecule has 0 spiro atoms. The van der Waals surface area contributed by atoms with Crippen LogP contribution in [0.2, 0.25) is 0 Å². The Labute approximate surface area is 165 Å². The Morgan fingerprint density at radius 1 is 0.733 bits per heavy atom. The molecule has 30 heavy (non-hydrogen) atoms. The number of rotatable bonds is 4. The molecule has 0 amide bonds. The molecule has 0 unspecified atom stereocenters. The maximum atomic E-state index is 12.3. The van der Waals surface area contributed by atoms with E-state index in [2.05, 4.69) is 14.5 Å². The smallest absolute Gasteiger partial charge is 0.406 e. The number of benzene rings is 2. The van der Waals surface area contributed by atoms with E-state index in [-0.39, 0.29) is 5.56 Å². The van der Waals surface area contributed by atoms with Gasteiger partial charge in [0.1, 0.15) is 17.6 Å². The van der Waals surface area contributed by atoms with Crippen molar-refractivity contribution < 1.29 is 35.8 Å². The summed E-state index contributed by atoms with van der Waals surface area (Å²) in [5.74, 6) is -0.846. The summed E-state index contributed by atoms with van der Waals surface area (Å²) in [6.45, 7) is 0. The highest BCUT2D eigenvalue weighted by Gasteiger charge is 2.31. The van der Waals surface area contributed by atoms with Crippen molar-refractivity contribution in [1.82, 2.24) is 4.98 Å². The van der Waals surface area contributed by atoms with Gasteiger partial charge in [-0.1, -0.05) is 12.1 Å². The zero-order chi connectivity index (χ0) is 21.9. The molecule has 10 heteroatoms. The van der Waals surface area contributed by atoms with Gasteiger partial charge in [0.2, 0.25) is 0 Å². The van der Waals surface area contributed by atoms with Crippen LogP contribution in [0.1, 0.15) is 5.56 Å². The van der Waals surface area contributed by atoms with Crippen LogP contribution in [0.4, 0.5) is 26.3 Å². The number of nitrogens with zero attached hydrogens (tertiary/aromatic N) is 2. The molecule has 3 rings (SSSR count). The van der Waals surface area contributed by atoms with Crippen LogP contribution in [-0.4, -0.2) is 17.7 Å². The second-order valence-electron chi connectivity index (χ2n) is 5.88. The minimum atomic E-state index is -4.84. The molecule has 0 aliphatic heterocycles. The number of nitriles is 1. The standard InChI is InChI=1S/C20H10F6N2O2/c21-19(22,23)29-15-5-1-13(2-6-15)17-9-12(10-27)11-28-18(17)14-3-7-16(8-4-14)30-20(24,25)26/h1-9,11H. The summed E-state index contributed by atoms with van der Waals surface area (Å²) in [5, 5.41) is 9.13. The highest BCUT2D eigenvalue weighted by molar-refractivity contribution is 5.81. The van der Waals surface area contributed by atoms with Crippen LogP contribution in [0.5, 0.6) is 11.5 Å². The number of pyridine rings is 1. The van der Waals surface area contributed by atoms with E-state index >= 15 is 0 Å². The van der Waals surface area contributed by atoms with E-state index in [9.17, 15) is 26.3 Å². The lowest BCUT2D eigenvalue weighted by molar-refractivity contribution is -0.275. The number of alkyl halides is 6. The molecule has 3 aromatic rings. The van der Waals surface area contributed by atoms with Crippen molar-refractivity contribution in [3.8, 4) is 40.0 Å². The third-order valence-corrected chi connectivity index (χ3v) is 3.78. The van der Waals surface area contributed by atoms with Gasteiger partial charge in [-0.25, -0.2) is 0 Å². The highest BCUT2D eigenvalue weighted by Crippen LogP contribution is 2.34. The van der Waals surface area contributed by atoms with E-state index in [1.54, 1.807) is 0 Å². The zero-order valence-corrected chi connectivity index (χ0v) is 14.8. The molecule has 0 N–H and O–H groups in total. The molecule has 2 aromatic carbocycles. The molecule has 0 radical (unpaired) electrons. The Morgan fingerprint density at radius 2 is 1.20 bits per heavy atom. The second-order valence-corrected chi connectivity index (χ2v) is 5.88. The highest BCUT2D eigenvalue weighted by atomic mass is 19.4. The van der Waals surface area contributed by atoms with Crippen LogP contribution in [0.15, 0.2) is 60.8 Å². The van der Waals surface area contributed by atoms with E-state index in [1.165, 1.54) is 36.5 Å². The van der Waals surface area contributed by atoms with Crippen LogP contribution in [-0.2, 0) is 0 Å². The normalized spacial score (nSPS) is 11.6. The first-order valence-corrected chi connectivity index (χ1v) is 8.16. The Hall–Kier alpha value is -3.74. The van der Waals surface area contributed by atoms with Gasteiger partial charge in [0.15, 0.2) is 0 Å². The van der Waals surface area contributed by atoms with Crippen LogP contribution in [0, 0.1) is 11.3 Å². The molecule has 1 heterocycles. The van der Waals surface area contributed by atoms with Gasteiger partial charge in [0.05, 0.1) is 11.3 Å². The lowest BCUT2D eigenvalue weighted by Crippen LogP contribution is -2.17. The third kappa shape index (κ3) is 5.41. The van der Waals surface area contributed by atoms with E-state index in [0.717, 1.165) is 24.3 Å². The van der Waals surface area contributed by atoms with E-state index in [4.69, 9.17) is 5.26 Å². The van der Waals surface area contributed by atoms with Crippen LogP contribution >= 0.6 is 0 Å². The summed E-state index contributed by atoms with van der Waals surface area (Å²) < 4.78 is 81.6. The van der Waals surface area contributed by atoms with Crippen molar-refractivity contribution >= 4 is 0 Å². The molecule has 0 aliphatic rings. The van der Waals surface area contributed by atoms with E-state index in [0.29, 0.717) is 22.4 Å². The Morgan fingerprint density at radius 3 is 1.63 bits per heavy atom. The first kappa shape index (κ1) is 21.0. The van der Waals surface area contributed by atoms with Crippen LogP contribution in [0.25, 0.3) is 22.4 Å². The van der Waals surface area contributed by atoms with Crippen molar-refractivity contribution in [1.29, 1.82) is 5.26 Å². The third-order valence-electron chi connectivity index (χ3n) is 3.78. The monoisotopic (exact) mass is 424 g/mol. The fourth-order valence-electron chi connectivity index (χ4n) is 2.63. The minimum Gasteiger partial charge on any atom is -0.406 e. The summed E-state index contributed by atoms with van der Waals surface area (Å²) in [5.41, 5.74) is 1.76. The Kier molecular flexibility index (Phi) is 5.56. The zero-order valence-electron chi connectivity index (χ0n) is 14.8. The molecule has 4 nitrogen and oxygen atoms in total. The van der Waals surface area contributed by atoms with Crippen molar-refractivity contribution in [2.24, 2.45) is 0 Å². The summed E-state index contributed by atoms with van der Waals surface area (Å²) in [7, 11) is 0. The van der Waals surface area contributed by atoms with Gasteiger partial charge in [-0.3, -0.25) is 4.98 Å². The summed E-state index contributed by atoms with van der Waals surface area (Å²) in [4.78, 5) is 4.19. The molecule has 154 valence electrons. The topological polar surface area (TPSA) is 55.1 Å². The molecular formula is C20H10F6N2O2. The van der Waals surface area contributed by atoms with Gasteiger partial charge in [-0.2, -0.15) is 5.26 Å². The maximum Gasteiger partial charge on any atom is 0.573 e. The van der Waals surface area contributed by atoms with Gasteiger partial charge in [-0.05, 0) is 48.0 Å². The largest absolute Gasteiger partial charge is 0.573 e. The maximum absolute atomic E-state index is 12.3. The fourth-order valence-corrected chi connectivity index (χ4v) is 2.63. The SMILES string of the molecule is N#Cc1cnc(-c2ccc(OC(F)(F)F)cc2)c(-c2ccc(OC(F)(F)F)cc2)c1. The van der Waals surface area contributed by atoms with Crippen molar-refractivity contribution in [3.05, 3.63) is 66.4 Å². The summed E-state index contributed by atoms with van der Waals surface area (Å²) in [6, 6.07) is 13.2. The van der Waals surface area contributed by atoms with Gasteiger partial charge >= 0.3 is 12.7 Å². The minimum absolute atomic E-state index is 0.196. The number of aromatic nitrogens is 1. The van der Waals surface area contributed by atoms with Crippen LogP contribution < -0.4 is 9.47 Å². The molecule has 0 saturated carbocycles. The average Bonchev–Trinajstić information content (AvgIpc) is 2.66. The first-order chi connectivity index (χ1) is 14.0. The second kappa shape index (κ2) is 7.94.